The number of benzene rings is 1. The number of nitrogens with zero attached hydrogens (tertiary/aromatic N) is 1. The first kappa shape index (κ1) is 22.8. The second kappa shape index (κ2) is 11.5. The zero-order valence-electron chi connectivity index (χ0n) is 16.3. The molecule has 1 aromatic rings. The van der Waals surface area contributed by atoms with E-state index >= 15 is 0 Å². The molecule has 30 heavy (non-hydrogen) atoms. The van der Waals surface area contributed by atoms with Crippen molar-refractivity contribution in [2.75, 3.05) is 33.5 Å². The lowest BCUT2D eigenvalue weighted by atomic mass is 10.1. The van der Waals surface area contributed by atoms with E-state index in [1.165, 1.54) is 25.3 Å². The minimum Gasteiger partial charge on any atom is -0.481 e. The molecule has 0 fully saturated rings. The van der Waals surface area contributed by atoms with E-state index in [0.717, 1.165) is 12.1 Å². The van der Waals surface area contributed by atoms with Crippen molar-refractivity contribution in [3.05, 3.63) is 75.3 Å². The number of rotatable bonds is 10. The molecule has 0 unspecified atom stereocenters. The smallest absolute Gasteiger partial charge is 0.344 e. The average Bonchev–Trinajstić information content (AvgIpc) is 2.96. The number of carbonyl (C=O) groups is 2. The van der Waals surface area contributed by atoms with Crippen LogP contribution in [0.25, 0.3) is 0 Å². The molecule has 160 valence electrons. The monoisotopic (exact) mass is 420 g/mol. The average molecular weight is 420 g/mol. The van der Waals surface area contributed by atoms with Gasteiger partial charge in [0.15, 0.2) is 6.61 Å². The standard InChI is InChI=1S/C20H21FN2O7/c1-28-9-10-29-19(24)13-30-18-11-15(21)6-8-17(18)20(25)22-12-14-3-2-4-16(7-5-14)23(26)27/h2-6,8,11H,7,9-10,12-13H2,1H3,(H,22,25). The van der Waals surface area contributed by atoms with Crippen LogP contribution in [-0.4, -0.2) is 50.3 Å². The van der Waals surface area contributed by atoms with Gasteiger partial charge in [-0.2, -0.15) is 0 Å². The second-order valence-corrected chi connectivity index (χ2v) is 6.08. The van der Waals surface area contributed by atoms with Crippen molar-refractivity contribution in [1.82, 2.24) is 5.32 Å². The summed E-state index contributed by atoms with van der Waals surface area (Å²) in [4.78, 5) is 34.5. The number of halogens is 1. The predicted molar refractivity (Wildman–Crippen MR) is 104 cm³/mol. The zero-order valence-corrected chi connectivity index (χ0v) is 16.3. The summed E-state index contributed by atoms with van der Waals surface area (Å²) in [5.74, 6) is -2.00. The molecule has 0 radical (unpaired) electrons. The quantitative estimate of drug-likeness (QED) is 0.267. The van der Waals surface area contributed by atoms with E-state index < -0.39 is 29.2 Å². The van der Waals surface area contributed by atoms with Crippen LogP contribution in [0.5, 0.6) is 5.75 Å². The number of hydrogen-bond acceptors (Lipinski definition) is 7. The van der Waals surface area contributed by atoms with Crippen LogP contribution in [0.4, 0.5) is 4.39 Å². The van der Waals surface area contributed by atoms with Gasteiger partial charge in [-0.25, -0.2) is 9.18 Å². The molecule has 1 aliphatic carbocycles. The molecule has 0 bridgehead atoms. The lowest BCUT2D eigenvalue weighted by molar-refractivity contribution is -0.426. The van der Waals surface area contributed by atoms with Crippen LogP contribution in [0.3, 0.4) is 0 Å². The third-order valence-corrected chi connectivity index (χ3v) is 3.94. The first-order valence-electron chi connectivity index (χ1n) is 8.96. The van der Waals surface area contributed by atoms with Crippen molar-refractivity contribution in [1.29, 1.82) is 0 Å². The maximum atomic E-state index is 13.6. The van der Waals surface area contributed by atoms with Gasteiger partial charge in [-0.05, 0) is 17.7 Å². The van der Waals surface area contributed by atoms with Crippen LogP contribution in [-0.2, 0) is 14.3 Å². The molecule has 2 rings (SSSR count). The normalized spacial score (nSPS) is 13.0. The van der Waals surface area contributed by atoms with E-state index in [2.05, 4.69) is 5.32 Å². The van der Waals surface area contributed by atoms with Gasteiger partial charge in [-0.15, -0.1) is 0 Å². The number of amides is 1. The highest BCUT2D eigenvalue weighted by Gasteiger charge is 2.16. The fourth-order valence-electron chi connectivity index (χ4n) is 2.42. The largest absolute Gasteiger partial charge is 0.481 e. The second-order valence-electron chi connectivity index (χ2n) is 6.08. The van der Waals surface area contributed by atoms with Gasteiger partial charge < -0.3 is 19.5 Å². The Bertz CT molecular complexity index is 893. The molecule has 1 aromatic carbocycles. The molecule has 0 aliphatic heterocycles. The van der Waals surface area contributed by atoms with Gasteiger partial charge in [-0.1, -0.05) is 18.2 Å². The van der Waals surface area contributed by atoms with Gasteiger partial charge >= 0.3 is 5.97 Å². The van der Waals surface area contributed by atoms with E-state index in [1.54, 1.807) is 12.2 Å². The first-order chi connectivity index (χ1) is 14.4. The highest BCUT2D eigenvalue weighted by atomic mass is 19.1. The van der Waals surface area contributed by atoms with Crippen LogP contribution < -0.4 is 10.1 Å². The van der Waals surface area contributed by atoms with Crippen molar-refractivity contribution >= 4 is 11.9 Å². The number of esters is 1. The van der Waals surface area contributed by atoms with Crippen LogP contribution in [0.2, 0.25) is 0 Å². The van der Waals surface area contributed by atoms with Crippen molar-refractivity contribution < 1.29 is 33.1 Å². The molecule has 9 nitrogen and oxygen atoms in total. The molecule has 1 amide bonds. The molecule has 10 heteroatoms. The number of hydrogen-bond donors (Lipinski definition) is 1. The van der Waals surface area contributed by atoms with Crippen LogP contribution >= 0.6 is 0 Å². The van der Waals surface area contributed by atoms with Gasteiger partial charge in [-0.3, -0.25) is 14.9 Å². The molecule has 1 N–H and O–H groups in total. The summed E-state index contributed by atoms with van der Waals surface area (Å²) < 4.78 is 28.4. The SMILES string of the molecule is COCCOC(=O)COc1cc(F)ccc1C(=O)NCC1=CCC([N+](=O)[O-])=CC=C1. The Labute approximate surface area is 171 Å². The van der Waals surface area contributed by atoms with E-state index in [4.69, 9.17) is 14.2 Å². The summed E-state index contributed by atoms with van der Waals surface area (Å²) >= 11 is 0. The Morgan fingerprint density at radius 1 is 1.30 bits per heavy atom. The molecule has 0 aromatic heterocycles. The third-order valence-electron chi connectivity index (χ3n) is 3.94. The first-order valence-corrected chi connectivity index (χ1v) is 8.96. The van der Waals surface area contributed by atoms with Crippen molar-refractivity contribution in [2.45, 2.75) is 6.42 Å². The Morgan fingerprint density at radius 3 is 2.83 bits per heavy atom. The van der Waals surface area contributed by atoms with Gasteiger partial charge in [0.1, 0.15) is 18.2 Å². The lowest BCUT2D eigenvalue weighted by Gasteiger charge is -2.12. The summed E-state index contributed by atoms with van der Waals surface area (Å²) in [5, 5.41) is 13.5. The van der Waals surface area contributed by atoms with Crippen molar-refractivity contribution in [3.8, 4) is 5.75 Å². The maximum Gasteiger partial charge on any atom is 0.344 e. The lowest BCUT2D eigenvalue weighted by Crippen LogP contribution is -2.26. The minimum absolute atomic E-state index is 0.0309. The zero-order chi connectivity index (χ0) is 21.9. The molecule has 1 aliphatic rings. The van der Waals surface area contributed by atoms with E-state index in [9.17, 15) is 24.1 Å². The number of carbonyl (C=O) groups excluding carboxylic acids is 2. The van der Waals surface area contributed by atoms with Gasteiger partial charge in [0.25, 0.3) is 5.91 Å². The summed E-state index contributed by atoms with van der Waals surface area (Å²) in [6, 6.07) is 3.33. The molecule has 0 spiro atoms. The highest BCUT2D eigenvalue weighted by Crippen LogP contribution is 2.20. The van der Waals surface area contributed by atoms with Crippen LogP contribution in [0, 0.1) is 15.9 Å². The fraction of sp³-hybridized carbons (Fsp3) is 0.300. The fourth-order valence-corrected chi connectivity index (χ4v) is 2.42. The number of methoxy groups -OCH3 is 1. The Balaban J connectivity index is 1.97. The van der Waals surface area contributed by atoms with E-state index in [0.29, 0.717) is 5.57 Å². The number of allylic oxidation sites excluding steroid dienone is 3. The molecular formula is C20H21FN2O7. The summed E-state index contributed by atoms with van der Waals surface area (Å²) in [5.41, 5.74) is 0.741. The molecule has 0 saturated carbocycles. The Hall–Kier alpha value is -3.53. The molecule has 0 saturated heterocycles. The summed E-state index contributed by atoms with van der Waals surface area (Å²) in [7, 11) is 1.46. The van der Waals surface area contributed by atoms with Crippen LogP contribution in [0.1, 0.15) is 16.8 Å². The van der Waals surface area contributed by atoms with Crippen molar-refractivity contribution in [2.24, 2.45) is 0 Å². The van der Waals surface area contributed by atoms with Crippen LogP contribution in [0.15, 0.2) is 53.8 Å². The van der Waals surface area contributed by atoms with Gasteiger partial charge in [0.05, 0.1) is 23.5 Å². The number of nitrogens with one attached hydrogen (secondary N) is 1. The van der Waals surface area contributed by atoms with E-state index in [1.807, 2.05) is 0 Å². The molecule has 0 atom stereocenters. The Kier molecular flexibility index (Phi) is 8.70. The maximum absolute atomic E-state index is 13.6. The topological polar surface area (TPSA) is 117 Å². The number of ether oxygens (including phenoxy) is 3. The summed E-state index contributed by atoms with van der Waals surface area (Å²) in [6.45, 7) is -0.131. The number of nitro groups is 1. The summed E-state index contributed by atoms with van der Waals surface area (Å²) in [6.07, 6.45) is 6.33. The van der Waals surface area contributed by atoms with Gasteiger partial charge in [0.2, 0.25) is 5.70 Å². The van der Waals surface area contributed by atoms with Gasteiger partial charge in [0, 0.05) is 25.8 Å². The van der Waals surface area contributed by atoms with E-state index in [-0.39, 0.29) is 43.2 Å². The Morgan fingerprint density at radius 2 is 2.10 bits per heavy atom. The minimum atomic E-state index is -0.689. The molecule has 0 heterocycles. The predicted octanol–water partition coefficient (Wildman–Crippen LogP) is 2.17. The third kappa shape index (κ3) is 7.13. The highest BCUT2D eigenvalue weighted by molar-refractivity contribution is 5.97. The van der Waals surface area contributed by atoms with Crippen molar-refractivity contribution in [3.63, 3.8) is 0 Å². The molecular weight excluding hydrogens is 399 g/mol.